The molecule has 85 valence electrons. The highest BCUT2D eigenvalue weighted by Gasteiger charge is 2.09. The average Bonchev–Trinajstić information content (AvgIpc) is 2.09. The first-order chi connectivity index (χ1) is 6.56. The molecule has 0 spiro atoms. The summed E-state index contributed by atoms with van der Waals surface area (Å²) >= 11 is 4.23. The van der Waals surface area contributed by atoms with Crippen LogP contribution < -0.4 is 0 Å². The van der Waals surface area contributed by atoms with Crippen molar-refractivity contribution in [1.82, 2.24) is 0 Å². The third kappa shape index (κ3) is 9.26. The van der Waals surface area contributed by atoms with Gasteiger partial charge in [0, 0.05) is 5.25 Å². The Morgan fingerprint density at radius 3 is 2.29 bits per heavy atom. The molecule has 2 atom stereocenters. The molecule has 0 saturated heterocycles. The molecule has 14 heavy (non-hydrogen) atoms. The maximum atomic E-state index is 4.01. The van der Waals surface area contributed by atoms with E-state index in [2.05, 4.69) is 58.1 Å². The first-order valence-corrected chi connectivity index (χ1v) is 7.65. The van der Waals surface area contributed by atoms with Crippen LogP contribution in [-0.2, 0) is 0 Å². The SMILES string of the molecule is [CH2]C(C)CCCSC(CC)SC(C)C. The molecular formula is C12H25S2. The third-order valence-corrected chi connectivity index (χ3v) is 5.05. The van der Waals surface area contributed by atoms with Gasteiger partial charge in [-0.05, 0) is 30.9 Å². The number of hydrogen-bond donors (Lipinski definition) is 0. The fraction of sp³-hybridized carbons (Fsp3) is 0.917. The van der Waals surface area contributed by atoms with Crippen LogP contribution in [-0.4, -0.2) is 15.6 Å². The van der Waals surface area contributed by atoms with Crippen molar-refractivity contribution in [2.45, 2.75) is 56.8 Å². The van der Waals surface area contributed by atoms with E-state index in [1.54, 1.807) is 0 Å². The van der Waals surface area contributed by atoms with Gasteiger partial charge < -0.3 is 0 Å². The highest BCUT2D eigenvalue weighted by molar-refractivity contribution is 8.17. The molecule has 0 aromatic rings. The largest absolute Gasteiger partial charge is 0.148 e. The Morgan fingerprint density at radius 1 is 1.21 bits per heavy atom. The van der Waals surface area contributed by atoms with Gasteiger partial charge in [-0.2, -0.15) is 0 Å². The summed E-state index contributed by atoms with van der Waals surface area (Å²) in [5.74, 6) is 1.92. The Morgan fingerprint density at radius 2 is 1.86 bits per heavy atom. The van der Waals surface area contributed by atoms with Crippen molar-refractivity contribution < 1.29 is 0 Å². The Balaban J connectivity index is 3.43. The zero-order valence-corrected chi connectivity index (χ0v) is 11.7. The Bertz CT molecular complexity index is 121. The molecule has 0 aliphatic rings. The second kappa shape index (κ2) is 8.96. The molecule has 2 heteroatoms. The monoisotopic (exact) mass is 233 g/mol. The molecule has 0 saturated carbocycles. The lowest BCUT2D eigenvalue weighted by molar-refractivity contribution is 0.634. The predicted octanol–water partition coefficient (Wildman–Crippen LogP) is 4.85. The van der Waals surface area contributed by atoms with Crippen molar-refractivity contribution in [1.29, 1.82) is 0 Å². The zero-order valence-electron chi connectivity index (χ0n) is 10.1. The summed E-state index contributed by atoms with van der Waals surface area (Å²) in [6.07, 6.45) is 3.88. The van der Waals surface area contributed by atoms with Gasteiger partial charge in [0.15, 0.2) is 0 Å². The number of rotatable bonds is 8. The molecule has 0 aromatic heterocycles. The molecule has 0 amide bonds. The Kier molecular flexibility index (Phi) is 9.41. The fourth-order valence-corrected chi connectivity index (χ4v) is 4.10. The van der Waals surface area contributed by atoms with E-state index in [0.29, 0.717) is 5.92 Å². The van der Waals surface area contributed by atoms with Crippen molar-refractivity contribution >= 4 is 23.5 Å². The van der Waals surface area contributed by atoms with E-state index in [9.17, 15) is 0 Å². The van der Waals surface area contributed by atoms with E-state index < -0.39 is 0 Å². The minimum absolute atomic E-state index is 0.619. The van der Waals surface area contributed by atoms with Gasteiger partial charge in [0.1, 0.15) is 0 Å². The van der Waals surface area contributed by atoms with Gasteiger partial charge in [0.05, 0.1) is 4.58 Å². The first kappa shape index (κ1) is 14.7. The van der Waals surface area contributed by atoms with Crippen molar-refractivity contribution in [2.24, 2.45) is 5.92 Å². The molecule has 2 unspecified atom stereocenters. The van der Waals surface area contributed by atoms with Crippen molar-refractivity contribution in [3.05, 3.63) is 6.92 Å². The molecule has 0 fully saturated rings. The molecule has 0 nitrogen and oxygen atoms in total. The molecule has 0 bridgehead atoms. The number of thioether (sulfide) groups is 2. The average molecular weight is 233 g/mol. The Hall–Kier alpha value is 0.700. The van der Waals surface area contributed by atoms with Crippen LogP contribution in [0.2, 0.25) is 0 Å². The standard InChI is InChI=1S/C12H25S2/c1-6-12(14-11(4)5)13-9-7-8-10(2)3/h10-12H,2,6-9H2,1,3-5H3. The first-order valence-electron chi connectivity index (χ1n) is 5.66. The number of hydrogen-bond acceptors (Lipinski definition) is 2. The van der Waals surface area contributed by atoms with E-state index >= 15 is 0 Å². The van der Waals surface area contributed by atoms with Gasteiger partial charge in [0.25, 0.3) is 0 Å². The van der Waals surface area contributed by atoms with E-state index in [4.69, 9.17) is 0 Å². The van der Waals surface area contributed by atoms with Gasteiger partial charge >= 0.3 is 0 Å². The molecule has 0 rings (SSSR count). The van der Waals surface area contributed by atoms with Crippen LogP contribution in [0.5, 0.6) is 0 Å². The molecule has 0 heterocycles. The highest BCUT2D eigenvalue weighted by Crippen LogP contribution is 2.30. The fourth-order valence-electron chi connectivity index (χ4n) is 1.20. The lowest BCUT2D eigenvalue weighted by atomic mass is 10.1. The molecule has 1 radical (unpaired) electrons. The molecule has 0 aliphatic heterocycles. The summed E-state index contributed by atoms with van der Waals surface area (Å²) in [5, 5.41) is 0.763. The topological polar surface area (TPSA) is 0 Å². The van der Waals surface area contributed by atoms with Crippen LogP contribution in [0.4, 0.5) is 0 Å². The molecule has 0 aromatic carbocycles. The molecule has 0 N–H and O–H groups in total. The second-order valence-corrected chi connectivity index (χ2v) is 7.53. The van der Waals surface area contributed by atoms with E-state index in [1.165, 1.54) is 25.0 Å². The van der Waals surface area contributed by atoms with Crippen LogP contribution in [0.1, 0.15) is 47.0 Å². The minimum Gasteiger partial charge on any atom is -0.148 e. The van der Waals surface area contributed by atoms with Gasteiger partial charge in [-0.25, -0.2) is 0 Å². The van der Waals surface area contributed by atoms with Gasteiger partial charge in [-0.3, -0.25) is 0 Å². The van der Waals surface area contributed by atoms with Gasteiger partial charge in [-0.15, -0.1) is 23.5 Å². The van der Waals surface area contributed by atoms with Crippen molar-refractivity contribution in [3.8, 4) is 0 Å². The summed E-state index contributed by atoms with van der Waals surface area (Å²) in [6, 6.07) is 0. The molecule has 0 aliphatic carbocycles. The van der Waals surface area contributed by atoms with Crippen LogP contribution in [0, 0.1) is 12.8 Å². The van der Waals surface area contributed by atoms with Gasteiger partial charge in [-0.1, -0.05) is 34.6 Å². The smallest absolute Gasteiger partial charge is 0.0502 e. The maximum Gasteiger partial charge on any atom is 0.0502 e. The summed E-state index contributed by atoms with van der Waals surface area (Å²) in [4.78, 5) is 0. The predicted molar refractivity (Wildman–Crippen MR) is 73.0 cm³/mol. The minimum atomic E-state index is 0.619. The van der Waals surface area contributed by atoms with Crippen molar-refractivity contribution in [2.75, 3.05) is 5.75 Å². The quantitative estimate of drug-likeness (QED) is 0.434. The van der Waals surface area contributed by atoms with Crippen LogP contribution in [0.15, 0.2) is 0 Å². The maximum absolute atomic E-state index is 4.01. The van der Waals surface area contributed by atoms with Gasteiger partial charge in [0.2, 0.25) is 0 Å². The second-order valence-electron chi connectivity index (χ2n) is 4.14. The normalized spacial score (nSPS) is 13.9. The van der Waals surface area contributed by atoms with Crippen LogP contribution >= 0.6 is 23.5 Å². The van der Waals surface area contributed by atoms with Crippen LogP contribution in [0.3, 0.4) is 0 Å². The highest BCUT2D eigenvalue weighted by atomic mass is 32.2. The Labute approximate surface area is 99.0 Å². The lowest BCUT2D eigenvalue weighted by Gasteiger charge is -2.16. The van der Waals surface area contributed by atoms with E-state index in [0.717, 1.165) is 9.83 Å². The zero-order chi connectivity index (χ0) is 11.0. The van der Waals surface area contributed by atoms with E-state index in [1.807, 2.05) is 0 Å². The third-order valence-electron chi connectivity index (χ3n) is 1.90. The lowest BCUT2D eigenvalue weighted by Crippen LogP contribution is -2.02. The summed E-state index contributed by atoms with van der Waals surface area (Å²) in [5.41, 5.74) is 0. The van der Waals surface area contributed by atoms with Crippen LogP contribution in [0.25, 0.3) is 0 Å². The summed E-state index contributed by atoms with van der Waals surface area (Å²) in [6.45, 7) is 13.1. The molecular weight excluding hydrogens is 208 g/mol. The summed E-state index contributed by atoms with van der Waals surface area (Å²) in [7, 11) is 0. The van der Waals surface area contributed by atoms with E-state index in [-0.39, 0.29) is 0 Å². The summed E-state index contributed by atoms with van der Waals surface area (Å²) < 4.78 is 0.801. The van der Waals surface area contributed by atoms with Crippen molar-refractivity contribution in [3.63, 3.8) is 0 Å².